The molecule has 1 amide bonds. The number of hydrazine groups is 1. The number of aromatic nitrogens is 1. The number of hydrogen-bond donors (Lipinski definition) is 2. The quantitative estimate of drug-likeness (QED) is 0.581. The monoisotopic (exact) mass is 313 g/mol. The molecule has 0 bridgehead atoms. The van der Waals surface area contributed by atoms with Crippen LogP contribution in [0.1, 0.15) is 13.8 Å². The Labute approximate surface area is 124 Å². The highest BCUT2D eigenvalue weighted by atomic mass is 32.2. The molecule has 1 aliphatic heterocycles. The third kappa shape index (κ3) is 2.47. The van der Waals surface area contributed by atoms with E-state index < -0.39 is 15.6 Å². The number of nitrogen functional groups attached to an aromatic ring is 1. The first kappa shape index (κ1) is 15.7. The van der Waals surface area contributed by atoms with Crippen molar-refractivity contribution in [2.24, 2.45) is 5.84 Å². The predicted molar refractivity (Wildman–Crippen MR) is 77.7 cm³/mol. The number of anilines is 1. The molecule has 0 unspecified atom stereocenters. The zero-order valence-corrected chi connectivity index (χ0v) is 13.0. The number of piperazine rings is 1. The second-order valence-corrected chi connectivity index (χ2v) is 7.14. The molecule has 0 saturated carbocycles. The maximum absolute atomic E-state index is 12.8. The minimum Gasteiger partial charge on any atom is -0.343 e. The summed E-state index contributed by atoms with van der Waals surface area (Å²) in [5.41, 5.74) is 1.35. The van der Waals surface area contributed by atoms with Gasteiger partial charge in [-0.3, -0.25) is 10.6 Å². The maximum atomic E-state index is 12.8. The summed E-state index contributed by atoms with van der Waals surface area (Å²) < 4.78 is 26.8. The number of amides is 1. The summed E-state index contributed by atoms with van der Waals surface area (Å²) in [6, 6.07) is 3.10. The molecule has 0 radical (unpaired) electrons. The van der Waals surface area contributed by atoms with E-state index in [0.29, 0.717) is 6.54 Å². The summed E-state index contributed by atoms with van der Waals surface area (Å²) in [6.07, 6.45) is 1.37. The van der Waals surface area contributed by atoms with Crippen LogP contribution in [-0.4, -0.2) is 54.2 Å². The first-order valence-electron chi connectivity index (χ1n) is 6.43. The normalized spacial score (nSPS) is 19.6. The molecule has 0 spiro atoms. The van der Waals surface area contributed by atoms with Crippen molar-refractivity contribution >= 4 is 21.6 Å². The standard InChI is InChI=1S/C12H19N5O3S/c1-12(2)11(18)16(3)7-8-17(12)21(19,20)10-9(15-13)5-4-6-14-10/h4-6,15H,7-8,13H2,1-3H3. The molecule has 116 valence electrons. The Morgan fingerprint density at radius 1 is 1.38 bits per heavy atom. The molecule has 1 aliphatic rings. The third-order valence-corrected chi connectivity index (χ3v) is 5.63. The molecule has 2 rings (SSSR count). The van der Waals surface area contributed by atoms with Crippen LogP contribution in [0.2, 0.25) is 0 Å². The van der Waals surface area contributed by atoms with Gasteiger partial charge in [-0.1, -0.05) is 0 Å². The molecule has 0 aromatic carbocycles. The van der Waals surface area contributed by atoms with E-state index in [4.69, 9.17) is 5.84 Å². The van der Waals surface area contributed by atoms with Crippen molar-refractivity contribution in [3.63, 3.8) is 0 Å². The summed E-state index contributed by atoms with van der Waals surface area (Å²) in [5, 5.41) is -0.182. The van der Waals surface area contributed by atoms with Crippen LogP contribution in [-0.2, 0) is 14.8 Å². The molecule has 1 aromatic heterocycles. The van der Waals surface area contributed by atoms with Crippen LogP contribution in [0.3, 0.4) is 0 Å². The smallest absolute Gasteiger partial charge is 0.263 e. The highest BCUT2D eigenvalue weighted by Gasteiger charge is 2.47. The Balaban J connectivity index is 2.51. The van der Waals surface area contributed by atoms with Crippen LogP contribution >= 0.6 is 0 Å². The molecule has 8 nitrogen and oxygen atoms in total. The summed E-state index contributed by atoms with van der Waals surface area (Å²) in [7, 11) is -2.28. The van der Waals surface area contributed by atoms with Crippen LogP contribution < -0.4 is 11.3 Å². The average Bonchev–Trinajstić information content (AvgIpc) is 2.44. The summed E-state index contributed by atoms with van der Waals surface area (Å²) >= 11 is 0. The van der Waals surface area contributed by atoms with Crippen molar-refractivity contribution < 1.29 is 13.2 Å². The number of nitrogens with two attached hydrogens (primary N) is 1. The van der Waals surface area contributed by atoms with Gasteiger partial charge in [0.05, 0.1) is 5.69 Å². The van der Waals surface area contributed by atoms with Gasteiger partial charge in [-0.2, -0.15) is 4.31 Å². The fourth-order valence-electron chi connectivity index (χ4n) is 2.43. The van der Waals surface area contributed by atoms with Crippen LogP contribution in [0.25, 0.3) is 0 Å². The summed E-state index contributed by atoms with van der Waals surface area (Å²) in [4.78, 5) is 17.7. The number of nitrogens with one attached hydrogen (secondary N) is 1. The van der Waals surface area contributed by atoms with Gasteiger partial charge in [0.15, 0.2) is 5.03 Å². The fraction of sp³-hybridized carbons (Fsp3) is 0.500. The minimum absolute atomic E-state index is 0.182. The van der Waals surface area contributed by atoms with E-state index in [9.17, 15) is 13.2 Å². The van der Waals surface area contributed by atoms with Gasteiger partial charge in [-0.15, -0.1) is 0 Å². The Hall–Kier alpha value is -1.71. The lowest BCUT2D eigenvalue weighted by Crippen LogP contribution is -2.63. The Bertz CT molecular complexity index is 659. The lowest BCUT2D eigenvalue weighted by atomic mass is 10.0. The molecule has 0 atom stereocenters. The third-order valence-electron chi connectivity index (χ3n) is 3.59. The summed E-state index contributed by atoms with van der Waals surface area (Å²) in [5.74, 6) is 5.09. The van der Waals surface area contributed by atoms with Gasteiger partial charge < -0.3 is 10.3 Å². The molecule has 1 aromatic rings. The fourth-order valence-corrected chi connectivity index (χ4v) is 4.24. The lowest BCUT2D eigenvalue weighted by molar-refractivity contribution is -0.142. The van der Waals surface area contributed by atoms with E-state index in [1.807, 2.05) is 0 Å². The molecule has 3 N–H and O–H groups in total. The Morgan fingerprint density at radius 3 is 2.67 bits per heavy atom. The molecule has 0 aliphatic carbocycles. The SMILES string of the molecule is CN1CCN(S(=O)(=O)c2ncccc2NN)C(C)(C)C1=O. The average molecular weight is 313 g/mol. The molecule has 1 saturated heterocycles. The number of rotatable bonds is 3. The minimum atomic E-state index is -3.94. The van der Waals surface area contributed by atoms with E-state index in [1.165, 1.54) is 21.5 Å². The molecule has 2 heterocycles. The first-order valence-corrected chi connectivity index (χ1v) is 7.87. The molecule has 9 heteroatoms. The van der Waals surface area contributed by atoms with Gasteiger partial charge in [-0.25, -0.2) is 13.4 Å². The first-order chi connectivity index (χ1) is 9.72. The van der Waals surface area contributed by atoms with E-state index in [2.05, 4.69) is 10.4 Å². The maximum Gasteiger partial charge on any atom is 0.263 e. The van der Waals surface area contributed by atoms with Crippen LogP contribution in [0.4, 0.5) is 5.69 Å². The van der Waals surface area contributed by atoms with Crippen LogP contribution in [0.15, 0.2) is 23.4 Å². The molecule has 21 heavy (non-hydrogen) atoms. The topological polar surface area (TPSA) is 109 Å². The van der Waals surface area contributed by atoms with Gasteiger partial charge >= 0.3 is 0 Å². The van der Waals surface area contributed by atoms with Crippen molar-refractivity contribution in [1.82, 2.24) is 14.2 Å². The Kier molecular flexibility index (Phi) is 3.91. The number of carbonyl (C=O) groups is 1. The molecule has 1 fully saturated rings. The van der Waals surface area contributed by atoms with E-state index in [0.717, 1.165) is 0 Å². The predicted octanol–water partition coefficient (Wildman–Crippen LogP) is -0.391. The number of likely N-dealkylation sites (N-methyl/N-ethyl adjacent to an activating group) is 1. The van der Waals surface area contributed by atoms with Gasteiger partial charge in [0, 0.05) is 26.3 Å². The lowest BCUT2D eigenvalue weighted by Gasteiger charge is -2.43. The van der Waals surface area contributed by atoms with Crippen molar-refractivity contribution in [3.8, 4) is 0 Å². The Morgan fingerprint density at radius 2 is 2.05 bits per heavy atom. The van der Waals surface area contributed by atoms with E-state index in [-0.39, 0.29) is 23.2 Å². The van der Waals surface area contributed by atoms with Crippen molar-refractivity contribution in [3.05, 3.63) is 18.3 Å². The van der Waals surface area contributed by atoms with Crippen molar-refractivity contribution in [1.29, 1.82) is 0 Å². The zero-order valence-electron chi connectivity index (χ0n) is 12.2. The molecular formula is C12H19N5O3S. The molecular weight excluding hydrogens is 294 g/mol. The number of pyridine rings is 1. The van der Waals surface area contributed by atoms with Gasteiger partial charge in [0.1, 0.15) is 5.54 Å². The van der Waals surface area contributed by atoms with Crippen LogP contribution in [0.5, 0.6) is 0 Å². The van der Waals surface area contributed by atoms with Gasteiger partial charge in [0.2, 0.25) is 5.91 Å². The highest BCUT2D eigenvalue weighted by molar-refractivity contribution is 7.89. The number of nitrogens with zero attached hydrogens (tertiary/aromatic N) is 3. The van der Waals surface area contributed by atoms with Crippen LogP contribution in [0, 0.1) is 0 Å². The number of sulfonamides is 1. The zero-order chi connectivity index (χ0) is 15.8. The van der Waals surface area contributed by atoms with Crippen molar-refractivity contribution in [2.75, 3.05) is 25.6 Å². The second kappa shape index (κ2) is 5.24. The van der Waals surface area contributed by atoms with E-state index in [1.54, 1.807) is 27.0 Å². The van der Waals surface area contributed by atoms with Gasteiger partial charge in [-0.05, 0) is 26.0 Å². The largest absolute Gasteiger partial charge is 0.343 e. The van der Waals surface area contributed by atoms with Crippen molar-refractivity contribution in [2.45, 2.75) is 24.4 Å². The number of hydrogen-bond acceptors (Lipinski definition) is 6. The van der Waals surface area contributed by atoms with Gasteiger partial charge in [0.25, 0.3) is 10.0 Å². The number of carbonyl (C=O) groups excluding carboxylic acids is 1. The highest BCUT2D eigenvalue weighted by Crippen LogP contribution is 2.30. The summed E-state index contributed by atoms with van der Waals surface area (Å²) in [6.45, 7) is 3.71. The second-order valence-electron chi connectivity index (χ2n) is 5.36. The van der Waals surface area contributed by atoms with E-state index >= 15 is 0 Å².